The van der Waals surface area contributed by atoms with Crippen molar-refractivity contribution in [3.63, 3.8) is 0 Å². The first kappa shape index (κ1) is 22.3. The molecule has 0 aliphatic heterocycles. The number of ether oxygens (including phenoxy) is 4. The summed E-state index contributed by atoms with van der Waals surface area (Å²) in [4.78, 5) is 36.5. The lowest BCUT2D eigenvalue weighted by Crippen LogP contribution is -2.42. The van der Waals surface area contributed by atoms with Crippen LogP contribution in [0.1, 0.15) is 43.0 Å². The van der Waals surface area contributed by atoms with E-state index in [1.807, 2.05) is 0 Å². The van der Waals surface area contributed by atoms with Crippen LogP contribution in [0.4, 0.5) is 0 Å². The van der Waals surface area contributed by atoms with E-state index < -0.39 is 18.0 Å². The molecule has 1 aliphatic rings. The lowest BCUT2D eigenvalue weighted by atomic mass is 10.1. The summed E-state index contributed by atoms with van der Waals surface area (Å²) in [5.41, 5.74) is 0.222. The first-order valence-electron chi connectivity index (χ1n) is 9.47. The molecule has 0 saturated heterocycles. The van der Waals surface area contributed by atoms with E-state index in [1.54, 1.807) is 0 Å². The van der Waals surface area contributed by atoms with Gasteiger partial charge in [0.1, 0.15) is 6.54 Å². The Labute approximate surface area is 170 Å². The van der Waals surface area contributed by atoms with Gasteiger partial charge in [-0.2, -0.15) is 0 Å². The van der Waals surface area contributed by atoms with Gasteiger partial charge in [0.25, 0.3) is 11.8 Å². The van der Waals surface area contributed by atoms with E-state index in [4.69, 9.17) is 18.9 Å². The van der Waals surface area contributed by atoms with Crippen molar-refractivity contribution in [3.05, 3.63) is 17.7 Å². The van der Waals surface area contributed by atoms with Gasteiger partial charge in [0.2, 0.25) is 5.75 Å². The standard InChI is InChI=1S/C20H28N2O7/c1-12(19(24)22-14-7-5-6-8-14)29-17(23)11-21-20(25)13-9-15(26-2)18(28-4)16(10-13)27-3/h9-10,12,14H,5-8,11H2,1-4H3,(H,21,25)(H,22,24)/t12-/m0/s1. The molecule has 160 valence electrons. The molecule has 1 saturated carbocycles. The van der Waals surface area contributed by atoms with Gasteiger partial charge in [0, 0.05) is 11.6 Å². The molecule has 0 spiro atoms. The van der Waals surface area contributed by atoms with Crippen molar-refractivity contribution in [3.8, 4) is 17.2 Å². The number of hydrogen-bond donors (Lipinski definition) is 2. The average Bonchev–Trinajstić information content (AvgIpc) is 3.23. The molecule has 0 bridgehead atoms. The molecular weight excluding hydrogens is 380 g/mol. The Morgan fingerprint density at radius 3 is 2.14 bits per heavy atom. The van der Waals surface area contributed by atoms with Crippen LogP contribution in [0.5, 0.6) is 17.2 Å². The van der Waals surface area contributed by atoms with E-state index in [0.717, 1.165) is 25.7 Å². The van der Waals surface area contributed by atoms with Gasteiger partial charge in [-0.3, -0.25) is 14.4 Å². The van der Waals surface area contributed by atoms with E-state index in [1.165, 1.54) is 40.4 Å². The molecule has 1 fully saturated rings. The molecule has 9 nitrogen and oxygen atoms in total. The number of amides is 2. The maximum Gasteiger partial charge on any atom is 0.326 e. The van der Waals surface area contributed by atoms with Crippen LogP contribution < -0.4 is 24.8 Å². The highest BCUT2D eigenvalue weighted by Crippen LogP contribution is 2.38. The molecule has 0 unspecified atom stereocenters. The smallest absolute Gasteiger partial charge is 0.326 e. The second-order valence-electron chi connectivity index (χ2n) is 6.72. The maximum absolute atomic E-state index is 12.4. The van der Waals surface area contributed by atoms with Gasteiger partial charge in [0.15, 0.2) is 17.6 Å². The molecule has 1 aliphatic carbocycles. The number of carbonyl (C=O) groups is 3. The van der Waals surface area contributed by atoms with Gasteiger partial charge in [-0.1, -0.05) is 12.8 Å². The van der Waals surface area contributed by atoms with Gasteiger partial charge in [-0.05, 0) is 31.9 Å². The first-order valence-corrected chi connectivity index (χ1v) is 9.47. The van der Waals surface area contributed by atoms with Gasteiger partial charge in [-0.25, -0.2) is 0 Å². The minimum atomic E-state index is -0.929. The molecule has 2 amide bonds. The van der Waals surface area contributed by atoms with Crippen molar-refractivity contribution in [2.75, 3.05) is 27.9 Å². The second-order valence-corrected chi connectivity index (χ2v) is 6.72. The third-order valence-electron chi connectivity index (χ3n) is 4.70. The van der Waals surface area contributed by atoms with Crippen molar-refractivity contribution < 1.29 is 33.3 Å². The summed E-state index contributed by atoms with van der Waals surface area (Å²) < 4.78 is 20.7. The molecule has 2 rings (SSSR count). The van der Waals surface area contributed by atoms with Crippen molar-refractivity contribution in [1.82, 2.24) is 10.6 Å². The highest BCUT2D eigenvalue weighted by atomic mass is 16.5. The van der Waals surface area contributed by atoms with Gasteiger partial charge < -0.3 is 29.6 Å². The number of nitrogens with one attached hydrogen (secondary N) is 2. The Hall–Kier alpha value is -2.97. The topological polar surface area (TPSA) is 112 Å². The van der Waals surface area contributed by atoms with Crippen molar-refractivity contribution in [1.29, 1.82) is 0 Å². The molecule has 1 aromatic carbocycles. The molecule has 2 N–H and O–H groups in total. The van der Waals surface area contributed by atoms with Gasteiger partial charge in [0.05, 0.1) is 21.3 Å². The van der Waals surface area contributed by atoms with E-state index >= 15 is 0 Å². The Morgan fingerprint density at radius 2 is 1.62 bits per heavy atom. The van der Waals surface area contributed by atoms with Crippen LogP contribution in [-0.2, 0) is 14.3 Å². The lowest BCUT2D eigenvalue weighted by molar-refractivity contribution is -0.154. The van der Waals surface area contributed by atoms with Crippen LogP contribution in [0, 0.1) is 0 Å². The number of esters is 1. The number of benzene rings is 1. The highest BCUT2D eigenvalue weighted by molar-refractivity contribution is 5.97. The number of hydrogen-bond acceptors (Lipinski definition) is 7. The predicted octanol–water partition coefficient (Wildman–Crippen LogP) is 1.43. The van der Waals surface area contributed by atoms with Crippen molar-refractivity contribution >= 4 is 17.8 Å². The van der Waals surface area contributed by atoms with Crippen LogP contribution in [0.3, 0.4) is 0 Å². The van der Waals surface area contributed by atoms with Gasteiger partial charge in [-0.15, -0.1) is 0 Å². The van der Waals surface area contributed by atoms with Crippen LogP contribution >= 0.6 is 0 Å². The maximum atomic E-state index is 12.4. The molecule has 1 aromatic rings. The average molecular weight is 408 g/mol. The zero-order chi connectivity index (χ0) is 21.4. The van der Waals surface area contributed by atoms with E-state index in [0.29, 0.717) is 17.2 Å². The fourth-order valence-electron chi connectivity index (χ4n) is 3.15. The molecule has 1 atom stereocenters. The third kappa shape index (κ3) is 6.00. The third-order valence-corrected chi connectivity index (χ3v) is 4.70. The largest absolute Gasteiger partial charge is 0.493 e. The second kappa shape index (κ2) is 10.5. The molecular formula is C20H28N2O7. The minimum absolute atomic E-state index is 0.142. The fourth-order valence-corrected chi connectivity index (χ4v) is 3.15. The van der Waals surface area contributed by atoms with Crippen LogP contribution in [0.15, 0.2) is 12.1 Å². The molecule has 0 radical (unpaired) electrons. The van der Waals surface area contributed by atoms with Crippen LogP contribution in [-0.4, -0.2) is 57.8 Å². The molecule has 0 heterocycles. The summed E-state index contributed by atoms with van der Waals surface area (Å²) >= 11 is 0. The number of methoxy groups -OCH3 is 3. The summed E-state index contributed by atoms with van der Waals surface area (Å²) in [5.74, 6) is -0.577. The molecule has 29 heavy (non-hydrogen) atoms. The Balaban J connectivity index is 1.89. The lowest BCUT2D eigenvalue weighted by Gasteiger charge is -2.17. The number of carbonyl (C=O) groups excluding carboxylic acids is 3. The monoisotopic (exact) mass is 408 g/mol. The van der Waals surface area contributed by atoms with Crippen molar-refractivity contribution in [2.24, 2.45) is 0 Å². The van der Waals surface area contributed by atoms with Crippen LogP contribution in [0.25, 0.3) is 0 Å². The fraction of sp³-hybridized carbons (Fsp3) is 0.550. The quantitative estimate of drug-likeness (QED) is 0.595. The number of rotatable bonds is 9. The minimum Gasteiger partial charge on any atom is -0.493 e. The van der Waals surface area contributed by atoms with E-state index in [-0.39, 0.29) is 24.1 Å². The Morgan fingerprint density at radius 1 is 1.03 bits per heavy atom. The summed E-state index contributed by atoms with van der Waals surface area (Å²) in [7, 11) is 4.34. The zero-order valence-corrected chi connectivity index (χ0v) is 17.2. The van der Waals surface area contributed by atoms with Gasteiger partial charge >= 0.3 is 5.97 Å². The summed E-state index contributed by atoms with van der Waals surface area (Å²) in [6.45, 7) is 1.12. The summed E-state index contributed by atoms with van der Waals surface area (Å²) in [6, 6.07) is 3.09. The Bertz CT molecular complexity index is 719. The SMILES string of the molecule is COc1cc(C(=O)NCC(=O)O[C@@H](C)C(=O)NC2CCCC2)cc(OC)c1OC. The van der Waals surface area contributed by atoms with E-state index in [9.17, 15) is 14.4 Å². The van der Waals surface area contributed by atoms with Crippen molar-refractivity contribution in [2.45, 2.75) is 44.8 Å². The molecule has 0 aromatic heterocycles. The normalized spacial score (nSPS) is 14.6. The zero-order valence-electron chi connectivity index (χ0n) is 17.2. The van der Waals surface area contributed by atoms with Crippen LogP contribution in [0.2, 0.25) is 0 Å². The Kier molecular flexibility index (Phi) is 8.11. The predicted molar refractivity (Wildman–Crippen MR) is 104 cm³/mol. The summed E-state index contributed by atoms with van der Waals surface area (Å²) in [5, 5.41) is 5.33. The highest BCUT2D eigenvalue weighted by Gasteiger charge is 2.23. The van der Waals surface area contributed by atoms with E-state index in [2.05, 4.69) is 10.6 Å². The molecule has 9 heteroatoms. The first-order chi connectivity index (χ1) is 13.9. The summed E-state index contributed by atoms with van der Waals surface area (Å²) in [6.07, 6.45) is 3.13.